The fourth-order valence-electron chi connectivity index (χ4n) is 3.42. The standard InChI is InChI=1S/C22H30N2O4S/c1-7-10-17(8-2)19(13-14-25)23-20-24-29(26,27)22(6,21(4,5)28-20)18-12-9-11-16(3)15-18/h7-12,15,19,25H,1-2,13-14H2,3-6H3,(H,23,24)/b17-10+/t19-,22?/m0/s1. The van der Waals surface area contributed by atoms with E-state index in [1.807, 2.05) is 25.1 Å². The minimum absolute atomic E-state index is 0.101. The van der Waals surface area contributed by atoms with Crippen molar-refractivity contribution >= 4 is 16.0 Å². The molecule has 1 fully saturated rings. The van der Waals surface area contributed by atoms with E-state index < -0.39 is 26.4 Å². The Morgan fingerprint density at radius 1 is 1.34 bits per heavy atom. The van der Waals surface area contributed by atoms with Crippen LogP contribution in [0.4, 0.5) is 0 Å². The Hall–Kier alpha value is -2.38. The lowest BCUT2D eigenvalue weighted by Crippen LogP contribution is -2.64. The molecule has 0 saturated carbocycles. The first-order valence-corrected chi connectivity index (χ1v) is 10.9. The number of benzene rings is 1. The highest BCUT2D eigenvalue weighted by Gasteiger charge is 2.59. The summed E-state index contributed by atoms with van der Waals surface area (Å²) in [5, 5.41) is 9.41. The number of aliphatic hydroxyl groups is 1. The van der Waals surface area contributed by atoms with E-state index in [1.165, 1.54) is 0 Å². The summed E-state index contributed by atoms with van der Waals surface area (Å²) in [6.45, 7) is 14.3. The van der Waals surface area contributed by atoms with Crippen LogP contribution in [0, 0.1) is 6.92 Å². The van der Waals surface area contributed by atoms with Gasteiger partial charge in [-0.15, -0.1) is 0 Å². The van der Waals surface area contributed by atoms with Gasteiger partial charge in [-0.05, 0) is 45.3 Å². The molecular formula is C22H30N2O4S. The Morgan fingerprint density at radius 2 is 2.03 bits per heavy atom. The highest BCUT2D eigenvalue weighted by molar-refractivity contribution is 7.91. The fourth-order valence-corrected chi connectivity index (χ4v) is 5.07. The van der Waals surface area contributed by atoms with E-state index in [9.17, 15) is 13.5 Å². The number of nitrogens with zero attached hydrogens (tertiary/aromatic N) is 1. The van der Waals surface area contributed by atoms with Crippen molar-refractivity contribution in [2.75, 3.05) is 6.61 Å². The number of hydrogen-bond acceptors (Lipinski definition) is 5. The molecule has 7 heteroatoms. The number of aryl methyl sites for hydroxylation is 1. The molecule has 2 atom stereocenters. The van der Waals surface area contributed by atoms with Gasteiger partial charge in [0.2, 0.25) is 10.0 Å². The van der Waals surface area contributed by atoms with E-state index in [-0.39, 0.29) is 19.0 Å². The third-order valence-corrected chi connectivity index (χ3v) is 7.68. The van der Waals surface area contributed by atoms with Crippen LogP contribution in [0.3, 0.4) is 0 Å². The topological polar surface area (TPSA) is 88.0 Å². The number of hydrogen-bond donors (Lipinski definition) is 2. The molecule has 2 N–H and O–H groups in total. The molecule has 0 radical (unpaired) electrons. The largest absolute Gasteiger partial charge is 0.456 e. The number of aliphatic hydroxyl groups excluding tert-OH is 1. The molecule has 1 aliphatic rings. The number of aliphatic imine (C=N–C) groups is 1. The number of amidine groups is 1. The molecule has 6 nitrogen and oxygen atoms in total. The Balaban J connectivity index is 2.54. The Morgan fingerprint density at radius 3 is 2.55 bits per heavy atom. The summed E-state index contributed by atoms with van der Waals surface area (Å²) in [6.07, 6.45) is 5.20. The van der Waals surface area contributed by atoms with Crippen molar-refractivity contribution in [2.45, 2.75) is 50.5 Å². The molecular weight excluding hydrogens is 388 g/mol. The zero-order valence-corrected chi connectivity index (χ0v) is 18.3. The molecule has 1 aromatic carbocycles. The molecule has 1 heterocycles. The maximum Gasteiger partial charge on any atom is 0.299 e. The van der Waals surface area contributed by atoms with Gasteiger partial charge in [-0.1, -0.05) is 61.2 Å². The zero-order chi connectivity index (χ0) is 21.9. The van der Waals surface area contributed by atoms with Crippen molar-refractivity contribution < 1.29 is 18.3 Å². The number of sulfonamides is 1. The highest BCUT2D eigenvalue weighted by Crippen LogP contribution is 2.44. The summed E-state index contributed by atoms with van der Waals surface area (Å²) in [5.41, 5.74) is 1.19. The van der Waals surface area contributed by atoms with E-state index in [2.05, 4.69) is 22.9 Å². The van der Waals surface area contributed by atoms with Gasteiger partial charge in [0, 0.05) is 6.61 Å². The van der Waals surface area contributed by atoms with Gasteiger partial charge in [-0.2, -0.15) is 0 Å². The van der Waals surface area contributed by atoms with Crippen molar-refractivity contribution in [3.63, 3.8) is 0 Å². The first-order valence-electron chi connectivity index (χ1n) is 9.44. The first-order chi connectivity index (χ1) is 13.5. The molecule has 1 unspecified atom stereocenters. The van der Waals surface area contributed by atoms with E-state index in [0.29, 0.717) is 11.1 Å². The minimum atomic E-state index is -3.89. The summed E-state index contributed by atoms with van der Waals surface area (Å²) < 4.78 is 34.0. The van der Waals surface area contributed by atoms with Gasteiger partial charge in [0.15, 0.2) is 4.75 Å². The van der Waals surface area contributed by atoms with Gasteiger partial charge in [-0.3, -0.25) is 0 Å². The quantitative estimate of drug-likeness (QED) is 0.665. The first kappa shape index (κ1) is 22.9. The Kier molecular flexibility index (Phi) is 6.75. The van der Waals surface area contributed by atoms with E-state index in [1.54, 1.807) is 45.1 Å². The molecule has 0 spiro atoms. The van der Waals surface area contributed by atoms with E-state index >= 15 is 0 Å². The van der Waals surface area contributed by atoms with Gasteiger partial charge < -0.3 is 9.84 Å². The van der Waals surface area contributed by atoms with E-state index in [4.69, 9.17) is 4.74 Å². The number of allylic oxidation sites excluding steroid dienone is 2. The van der Waals surface area contributed by atoms with Crippen LogP contribution in [-0.4, -0.2) is 37.8 Å². The molecule has 1 aliphatic heterocycles. The molecule has 29 heavy (non-hydrogen) atoms. The van der Waals surface area contributed by atoms with Crippen molar-refractivity contribution in [2.24, 2.45) is 4.99 Å². The Labute approximate surface area is 173 Å². The normalized spacial score (nSPS) is 25.6. The Bertz CT molecular complexity index is 947. The van der Waals surface area contributed by atoms with Crippen molar-refractivity contribution in [1.82, 2.24) is 4.72 Å². The lowest BCUT2D eigenvalue weighted by atomic mass is 9.84. The molecule has 0 aromatic heterocycles. The van der Waals surface area contributed by atoms with E-state index in [0.717, 1.165) is 5.56 Å². The predicted molar refractivity (Wildman–Crippen MR) is 117 cm³/mol. The molecule has 1 saturated heterocycles. The maximum atomic E-state index is 13.4. The van der Waals surface area contributed by atoms with Crippen LogP contribution in [0.5, 0.6) is 0 Å². The highest BCUT2D eigenvalue weighted by atomic mass is 32.2. The maximum absolute atomic E-state index is 13.4. The summed E-state index contributed by atoms with van der Waals surface area (Å²) in [7, 11) is -3.89. The second kappa shape index (κ2) is 8.55. The van der Waals surface area contributed by atoms with Gasteiger partial charge in [0.1, 0.15) is 5.60 Å². The third kappa shape index (κ3) is 4.31. The molecule has 0 aliphatic carbocycles. The van der Waals surface area contributed by atoms with Gasteiger partial charge >= 0.3 is 0 Å². The van der Waals surface area contributed by atoms with Crippen molar-refractivity contribution in [1.29, 1.82) is 0 Å². The molecule has 0 amide bonds. The van der Waals surface area contributed by atoms with Crippen LogP contribution in [0.25, 0.3) is 0 Å². The third-order valence-electron chi connectivity index (χ3n) is 5.44. The number of nitrogens with one attached hydrogen (secondary N) is 1. The molecule has 1 aromatic rings. The van der Waals surface area contributed by atoms with Crippen LogP contribution in [0.2, 0.25) is 0 Å². The lowest BCUT2D eigenvalue weighted by molar-refractivity contribution is 0.0383. The molecule has 0 bridgehead atoms. The SMILES string of the molecule is C=C/C=C(\C=C)[C@H](CCO)N=C1NS(=O)(=O)C(C)(c2cccc(C)c2)C(C)(C)O1. The van der Waals surface area contributed by atoms with Crippen LogP contribution in [-0.2, 0) is 19.5 Å². The fraction of sp³-hybridized carbons (Fsp3) is 0.409. The van der Waals surface area contributed by atoms with Crippen LogP contribution in [0.15, 0.2) is 66.2 Å². The van der Waals surface area contributed by atoms with Crippen LogP contribution in [0.1, 0.15) is 38.3 Å². The average Bonchev–Trinajstić information content (AvgIpc) is 2.63. The monoisotopic (exact) mass is 418 g/mol. The summed E-state index contributed by atoms with van der Waals surface area (Å²) in [6, 6.07) is 6.76. The molecule has 2 rings (SSSR count). The zero-order valence-electron chi connectivity index (χ0n) is 17.5. The molecule has 158 valence electrons. The smallest absolute Gasteiger partial charge is 0.299 e. The second-order valence-corrected chi connectivity index (χ2v) is 9.72. The summed E-state index contributed by atoms with van der Waals surface area (Å²) >= 11 is 0. The minimum Gasteiger partial charge on any atom is -0.456 e. The van der Waals surface area contributed by atoms with Crippen LogP contribution < -0.4 is 4.72 Å². The second-order valence-electron chi connectivity index (χ2n) is 7.69. The number of rotatable bonds is 7. The van der Waals surface area contributed by atoms with Crippen molar-refractivity contribution in [3.8, 4) is 0 Å². The van der Waals surface area contributed by atoms with Crippen molar-refractivity contribution in [3.05, 3.63) is 72.4 Å². The average molecular weight is 419 g/mol. The van der Waals surface area contributed by atoms with Gasteiger partial charge in [0.25, 0.3) is 6.02 Å². The summed E-state index contributed by atoms with van der Waals surface area (Å²) in [4.78, 5) is 4.44. The van der Waals surface area contributed by atoms with Crippen LogP contribution >= 0.6 is 0 Å². The number of ether oxygens (including phenoxy) is 1. The van der Waals surface area contributed by atoms with Gasteiger partial charge in [-0.25, -0.2) is 18.1 Å². The predicted octanol–water partition coefficient (Wildman–Crippen LogP) is 3.34. The van der Waals surface area contributed by atoms with Gasteiger partial charge in [0.05, 0.1) is 6.04 Å². The lowest BCUT2D eigenvalue weighted by Gasteiger charge is -2.47. The summed E-state index contributed by atoms with van der Waals surface area (Å²) in [5.74, 6) is 0.